The molecule has 0 aliphatic carbocycles. The zero-order valence-electron chi connectivity index (χ0n) is 11.4. The van der Waals surface area contributed by atoms with Crippen molar-refractivity contribution in [3.8, 4) is 0 Å². The quantitative estimate of drug-likeness (QED) is 0.761. The van der Waals surface area contributed by atoms with E-state index in [1.54, 1.807) is 12.1 Å². The van der Waals surface area contributed by atoms with Gasteiger partial charge in [-0.15, -0.1) is 0 Å². The fourth-order valence-electron chi connectivity index (χ4n) is 2.13. The van der Waals surface area contributed by atoms with E-state index in [0.29, 0.717) is 11.4 Å². The highest BCUT2D eigenvalue weighted by molar-refractivity contribution is 7.89. The number of fused-ring (bicyclic) bond motifs is 1. The van der Waals surface area contributed by atoms with Gasteiger partial charge < -0.3 is 10.2 Å². The summed E-state index contributed by atoms with van der Waals surface area (Å²) < 4.78 is 26.9. The lowest BCUT2D eigenvalue weighted by molar-refractivity contribution is 0.400. The highest BCUT2D eigenvalue weighted by Gasteiger charge is 2.17. The molecule has 0 unspecified atom stereocenters. The fourth-order valence-corrected chi connectivity index (χ4v) is 3.26. The SMILES string of the molecule is CN(C)CCCNS(=O)(=O)c1ccc2c(c1)CCN2. The zero-order valence-corrected chi connectivity index (χ0v) is 12.3. The van der Waals surface area contributed by atoms with Crippen molar-refractivity contribution in [3.05, 3.63) is 23.8 Å². The lowest BCUT2D eigenvalue weighted by Crippen LogP contribution is -2.27. The molecule has 1 aliphatic heterocycles. The summed E-state index contributed by atoms with van der Waals surface area (Å²) in [5, 5.41) is 3.22. The summed E-state index contributed by atoms with van der Waals surface area (Å²) in [6.45, 7) is 2.22. The molecular weight excluding hydrogens is 262 g/mol. The van der Waals surface area contributed by atoms with Gasteiger partial charge in [-0.1, -0.05) is 0 Å². The van der Waals surface area contributed by atoms with E-state index < -0.39 is 10.0 Å². The van der Waals surface area contributed by atoms with Crippen molar-refractivity contribution in [1.29, 1.82) is 0 Å². The molecule has 1 heterocycles. The van der Waals surface area contributed by atoms with Gasteiger partial charge in [0, 0.05) is 18.8 Å². The molecule has 0 saturated heterocycles. The Bertz CT molecular complexity index is 541. The molecule has 0 bridgehead atoms. The summed E-state index contributed by atoms with van der Waals surface area (Å²) in [5.74, 6) is 0. The van der Waals surface area contributed by atoms with Gasteiger partial charge in [0.25, 0.3) is 0 Å². The zero-order chi connectivity index (χ0) is 13.9. The number of benzene rings is 1. The van der Waals surface area contributed by atoms with Gasteiger partial charge in [0.2, 0.25) is 10.0 Å². The third kappa shape index (κ3) is 3.68. The number of sulfonamides is 1. The van der Waals surface area contributed by atoms with Crippen LogP contribution in [0.4, 0.5) is 5.69 Å². The molecule has 0 aromatic heterocycles. The number of hydrogen-bond donors (Lipinski definition) is 2. The predicted molar refractivity (Wildman–Crippen MR) is 77.0 cm³/mol. The van der Waals surface area contributed by atoms with E-state index in [-0.39, 0.29) is 0 Å². The Hall–Kier alpha value is -1.11. The van der Waals surface area contributed by atoms with Crippen LogP contribution in [0.25, 0.3) is 0 Å². The maximum absolute atomic E-state index is 12.1. The molecular formula is C13H21N3O2S. The molecule has 1 aromatic carbocycles. The highest BCUT2D eigenvalue weighted by Crippen LogP contribution is 2.24. The molecule has 19 heavy (non-hydrogen) atoms. The van der Waals surface area contributed by atoms with E-state index in [0.717, 1.165) is 37.2 Å². The normalized spacial score (nSPS) is 14.5. The molecule has 2 rings (SSSR count). The van der Waals surface area contributed by atoms with Gasteiger partial charge in [-0.3, -0.25) is 0 Å². The van der Waals surface area contributed by atoms with E-state index in [1.807, 2.05) is 25.1 Å². The highest BCUT2D eigenvalue weighted by atomic mass is 32.2. The molecule has 0 spiro atoms. The minimum absolute atomic E-state index is 0.361. The van der Waals surface area contributed by atoms with E-state index in [9.17, 15) is 8.42 Å². The smallest absolute Gasteiger partial charge is 0.240 e. The summed E-state index contributed by atoms with van der Waals surface area (Å²) in [6.07, 6.45) is 1.69. The number of nitrogens with zero attached hydrogens (tertiary/aromatic N) is 1. The largest absolute Gasteiger partial charge is 0.384 e. The Morgan fingerprint density at radius 3 is 2.89 bits per heavy atom. The van der Waals surface area contributed by atoms with Crippen molar-refractivity contribution in [2.45, 2.75) is 17.7 Å². The van der Waals surface area contributed by atoms with Crippen molar-refractivity contribution in [2.24, 2.45) is 0 Å². The lowest BCUT2D eigenvalue weighted by Gasteiger charge is -2.11. The second-order valence-electron chi connectivity index (χ2n) is 5.05. The third-order valence-corrected chi connectivity index (χ3v) is 4.63. The summed E-state index contributed by atoms with van der Waals surface area (Å²) in [7, 11) is 0.572. The van der Waals surface area contributed by atoms with Crippen LogP contribution >= 0.6 is 0 Å². The second-order valence-corrected chi connectivity index (χ2v) is 6.82. The Morgan fingerprint density at radius 2 is 2.16 bits per heavy atom. The van der Waals surface area contributed by atoms with Crippen molar-refractivity contribution >= 4 is 15.7 Å². The van der Waals surface area contributed by atoms with Crippen LogP contribution in [0.15, 0.2) is 23.1 Å². The standard InChI is InChI=1S/C13H21N3O2S/c1-16(2)9-3-7-15-19(17,18)12-4-5-13-11(10-12)6-8-14-13/h4-5,10,14-15H,3,6-9H2,1-2H3. The Labute approximate surface area is 115 Å². The minimum atomic E-state index is -3.38. The van der Waals surface area contributed by atoms with Gasteiger partial charge in [-0.05, 0) is 57.2 Å². The molecule has 6 heteroatoms. The second kappa shape index (κ2) is 5.90. The molecule has 0 radical (unpaired) electrons. The predicted octanol–water partition coefficient (Wildman–Crippen LogP) is 0.885. The first-order valence-electron chi connectivity index (χ1n) is 6.50. The van der Waals surface area contributed by atoms with Gasteiger partial charge in [0.1, 0.15) is 0 Å². The molecule has 0 saturated carbocycles. The average molecular weight is 283 g/mol. The van der Waals surface area contributed by atoms with E-state index in [2.05, 4.69) is 10.0 Å². The Morgan fingerprint density at radius 1 is 1.37 bits per heavy atom. The van der Waals surface area contributed by atoms with Gasteiger partial charge in [-0.2, -0.15) is 0 Å². The molecule has 106 valence electrons. The van der Waals surface area contributed by atoms with Crippen LogP contribution in [0.5, 0.6) is 0 Å². The Kier molecular flexibility index (Phi) is 4.44. The molecule has 2 N–H and O–H groups in total. The van der Waals surface area contributed by atoms with Crippen LogP contribution in [-0.2, 0) is 16.4 Å². The van der Waals surface area contributed by atoms with Gasteiger partial charge in [0.15, 0.2) is 0 Å². The van der Waals surface area contributed by atoms with Crippen molar-refractivity contribution in [2.75, 3.05) is 39.0 Å². The van der Waals surface area contributed by atoms with Crippen molar-refractivity contribution in [1.82, 2.24) is 9.62 Å². The van der Waals surface area contributed by atoms with Crippen molar-refractivity contribution < 1.29 is 8.42 Å². The molecule has 0 amide bonds. The molecule has 0 fully saturated rings. The molecule has 0 atom stereocenters. The molecule has 1 aliphatic rings. The number of nitrogens with one attached hydrogen (secondary N) is 2. The number of hydrogen-bond acceptors (Lipinski definition) is 4. The summed E-state index contributed by atoms with van der Waals surface area (Å²) in [6, 6.07) is 5.27. The average Bonchev–Trinajstić information content (AvgIpc) is 2.81. The molecule has 1 aromatic rings. The van der Waals surface area contributed by atoms with E-state index in [4.69, 9.17) is 0 Å². The van der Waals surface area contributed by atoms with Crippen LogP contribution in [0.2, 0.25) is 0 Å². The maximum Gasteiger partial charge on any atom is 0.240 e. The van der Waals surface area contributed by atoms with Crippen LogP contribution in [0.3, 0.4) is 0 Å². The molecule has 5 nitrogen and oxygen atoms in total. The van der Waals surface area contributed by atoms with Crippen LogP contribution in [0, 0.1) is 0 Å². The van der Waals surface area contributed by atoms with Gasteiger partial charge in [0.05, 0.1) is 4.90 Å². The topological polar surface area (TPSA) is 61.4 Å². The summed E-state index contributed by atoms with van der Waals surface area (Å²) in [4.78, 5) is 2.40. The minimum Gasteiger partial charge on any atom is -0.384 e. The maximum atomic E-state index is 12.1. The first-order valence-corrected chi connectivity index (χ1v) is 7.98. The summed E-state index contributed by atoms with van der Waals surface area (Å²) in [5.41, 5.74) is 2.13. The number of anilines is 1. The first kappa shape index (κ1) is 14.3. The van der Waals surface area contributed by atoms with E-state index >= 15 is 0 Å². The van der Waals surface area contributed by atoms with E-state index in [1.165, 1.54) is 0 Å². The third-order valence-electron chi connectivity index (χ3n) is 3.17. The first-order chi connectivity index (χ1) is 8.99. The van der Waals surface area contributed by atoms with Crippen LogP contribution in [-0.4, -0.2) is 47.0 Å². The van der Waals surface area contributed by atoms with Gasteiger partial charge >= 0.3 is 0 Å². The monoisotopic (exact) mass is 283 g/mol. The summed E-state index contributed by atoms with van der Waals surface area (Å²) >= 11 is 0. The Balaban J connectivity index is 1.99. The van der Waals surface area contributed by atoms with Crippen LogP contribution < -0.4 is 10.0 Å². The van der Waals surface area contributed by atoms with Crippen molar-refractivity contribution in [3.63, 3.8) is 0 Å². The number of rotatable bonds is 6. The lowest BCUT2D eigenvalue weighted by atomic mass is 10.2. The van der Waals surface area contributed by atoms with Crippen LogP contribution in [0.1, 0.15) is 12.0 Å². The van der Waals surface area contributed by atoms with Gasteiger partial charge in [-0.25, -0.2) is 13.1 Å². The fraction of sp³-hybridized carbons (Fsp3) is 0.538.